The maximum Gasteiger partial charge on any atom is 0.233 e. The summed E-state index contributed by atoms with van der Waals surface area (Å²) < 4.78 is 0. The van der Waals surface area contributed by atoms with Crippen molar-refractivity contribution in [2.24, 2.45) is 0 Å². The maximum atomic E-state index is 10.4. The van der Waals surface area contributed by atoms with E-state index in [1.807, 2.05) is 24.5 Å². The second-order valence-corrected chi connectivity index (χ2v) is 2.65. The molecule has 0 aliphatic rings. The molecular formula is C10H7N2O. The minimum absolute atomic E-state index is 0.548. The van der Waals surface area contributed by atoms with Gasteiger partial charge in [0.25, 0.3) is 0 Å². The minimum atomic E-state index is 0.548. The van der Waals surface area contributed by atoms with Gasteiger partial charge in [0.15, 0.2) is 0 Å². The highest BCUT2D eigenvalue weighted by Crippen LogP contribution is 2.16. The number of rotatable bonds is 2. The molecule has 0 atom stereocenters. The Labute approximate surface area is 75.4 Å². The molecule has 0 aliphatic carbocycles. The molecule has 0 spiro atoms. The van der Waals surface area contributed by atoms with E-state index in [-0.39, 0.29) is 0 Å². The van der Waals surface area contributed by atoms with Gasteiger partial charge in [-0.2, -0.15) is 5.10 Å². The highest BCUT2D eigenvalue weighted by molar-refractivity contribution is 5.78. The van der Waals surface area contributed by atoms with Crippen molar-refractivity contribution in [3.63, 3.8) is 0 Å². The Morgan fingerprint density at radius 2 is 2.23 bits per heavy atom. The topological polar surface area (TPSA) is 45.8 Å². The van der Waals surface area contributed by atoms with Crippen LogP contribution in [-0.4, -0.2) is 16.5 Å². The number of H-pyrrole nitrogens is 1. The smallest absolute Gasteiger partial charge is 0.233 e. The molecule has 0 unspecified atom stereocenters. The van der Waals surface area contributed by atoms with E-state index in [2.05, 4.69) is 10.2 Å². The predicted octanol–water partition coefficient (Wildman–Crippen LogP) is 1.53. The van der Waals surface area contributed by atoms with Gasteiger partial charge < -0.3 is 0 Å². The van der Waals surface area contributed by atoms with Gasteiger partial charge in [-0.15, -0.1) is 0 Å². The summed E-state index contributed by atoms with van der Waals surface area (Å²) in [7, 11) is 0. The Morgan fingerprint density at radius 3 is 2.92 bits per heavy atom. The second kappa shape index (κ2) is 3.23. The summed E-state index contributed by atoms with van der Waals surface area (Å²) in [6, 6.07) is 9.06. The first-order valence-electron chi connectivity index (χ1n) is 3.88. The second-order valence-electron chi connectivity index (χ2n) is 2.65. The lowest BCUT2D eigenvalue weighted by Crippen LogP contribution is -1.82. The summed E-state index contributed by atoms with van der Waals surface area (Å²) in [6.07, 6.45) is 3.52. The Balaban J connectivity index is 2.47. The van der Waals surface area contributed by atoms with Crippen molar-refractivity contribution in [3.8, 4) is 11.3 Å². The van der Waals surface area contributed by atoms with Crippen molar-refractivity contribution in [3.05, 3.63) is 42.1 Å². The van der Waals surface area contributed by atoms with E-state index < -0.39 is 0 Å². The lowest BCUT2D eigenvalue weighted by atomic mass is 10.1. The standard InChI is InChI=1S/C10H7N2O/c13-7-8-2-1-3-9(6-8)10-4-5-11-12-10/h1-6H,(H,11,12). The molecule has 0 bridgehead atoms. The first-order valence-corrected chi connectivity index (χ1v) is 3.88. The summed E-state index contributed by atoms with van der Waals surface area (Å²) in [5.74, 6) is 0. The molecule has 2 rings (SSSR count). The fourth-order valence-corrected chi connectivity index (χ4v) is 1.17. The average Bonchev–Trinajstić information content (AvgIpc) is 2.71. The van der Waals surface area contributed by atoms with Crippen LogP contribution < -0.4 is 0 Å². The summed E-state index contributed by atoms with van der Waals surface area (Å²) in [5, 5.41) is 6.66. The molecule has 0 saturated heterocycles. The molecule has 0 saturated carbocycles. The monoisotopic (exact) mass is 171 g/mol. The van der Waals surface area contributed by atoms with Crippen molar-refractivity contribution in [2.75, 3.05) is 0 Å². The molecule has 1 heterocycles. The van der Waals surface area contributed by atoms with Crippen molar-refractivity contribution < 1.29 is 4.79 Å². The Kier molecular flexibility index (Phi) is 1.92. The first kappa shape index (κ1) is 7.73. The molecule has 0 amide bonds. The Bertz CT molecular complexity index is 407. The van der Waals surface area contributed by atoms with Crippen LogP contribution in [0.3, 0.4) is 0 Å². The zero-order chi connectivity index (χ0) is 9.10. The molecular weight excluding hydrogens is 164 g/mol. The van der Waals surface area contributed by atoms with Crippen molar-refractivity contribution in [2.45, 2.75) is 0 Å². The number of nitrogens with one attached hydrogen (secondary N) is 1. The van der Waals surface area contributed by atoms with E-state index in [1.165, 1.54) is 0 Å². The Hall–Kier alpha value is -1.90. The fourth-order valence-electron chi connectivity index (χ4n) is 1.17. The summed E-state index contributed by atoms with van der Waals surface area (Å²) in [5.41, 5.74) is 2.39. The maximum absolute atomic E-state index is 10.4. The summed E-state index contributed by atoms with van der Waals surface area (Å²) in [4.78, 5) is 10.4. The van der Waals surface area contributed by atoms with Gasteiger partial charge in [-0.25, -0.2) is 0 Å². The zero-order valence-electron chi connectivity index (χ0n) is 6.82. The number of hydrogen-bond acceptors (Lipinski definition) is 2. The van der Waals surface area contributed by atoms with Gasteiger partial charge in [-0.3, -0.25) is 9.89 Å². The number of nitrogens with zero attached hydrogens (tertiary/aromatic N) is 1. The molecule has 3 heteroatoms. The molecule has 3 nitrogen and oxygen atoms in total. The molecule has 0 aliphatic heterocycles. The largest absolute Gasteiger partial charge is 0.285 e. The third kappa shape index (κ3) is 1.49. The quantitative estimate of drug-likeness (QED) is 0.744. The Morgan fingerprint density at radius 1 is 1.31 bits per heavy atom. The third-order valence-corrected chi connectivity index (χ3v) is 1.79. The molecule has 2 aromatic rings. The van der Waals surface area contributed by atoms with Gasteiger partial charge in [0.2, 0.25) is 6.29 Å². The molecule has 1 aromatic heterocycles. The minimum Gasteiger partial charge on any atom is -0.285 e. The molecule has 1 aromatic carbocycles. The first-order chi connectivity index (χ1) is 6.40. The normalized spacial score (nSPS) is 9.85. The van der Waals surface area contributed by atoms with Gasteiger partial charge in [-0.05, 0) is 12.1 Å². The number of hydrogen-bond donors (Lipinski definition) is 1. The van der Waals surface area contributed by atoms with Crippen LogP contribution in [0.1, 0.15) is 5.56 Å². The number of carbonyl (C=O) groups excluding carboxylic acids is 1. The van der Waals surface area contributed by atoms with E-state index in [9.17, 15) is 4.79 Å². The van der Waals surface area contributed by atoms with Gasteiger partial charge >= 0.3 is 0 Å². The predicted molar refractivity (Wildman–Crippen MR) is 48.8 cm³/mol. The molecule has 13 heavy (non-hydrogen) atoms. The van der Waals surface area contributed by atoms with Crippen LogP contribution in [0.15, 0.2) is 36.5 Å². The van der Waals surface area contributed by atoms with Crippen LogP contribution in [0.4, 0.5) is 0 Å². The number of aromatic amines is 1. The van der Waals surface area contributed by atoms with E-state index in [0.29, 0.717) is 5.56 Å². The number of aromatic nitrogens is 2. The lowest BCUT2D eigenvalue weighted by molar-refractivity contribution is 0.563. The van der Waals surface area contributed by atoms with Crippen LogP contribution >= 0.6 is 0 Å². The van der Waals surface area contributed by atoms with Crippen molar-refractivity contribution in [1.82, 2.24) is 10.2 Å². The van der Waals surface area contributed by atoms with E-state index in [4.69, 9.17) is 0 Å². The number of benzene rings is 1. The molecule has 63 valence electrons. The van der Waals surface area contributed by atoms with Crippen LogP contribution in [0.25, 0.3) is 11.3 Å². The SMILES string of the molecule is O=[C]c1cccc(-c2ccn[nH]2)c1. The van der Waals surface area contributed by atoms with Gasteiger partial charge in [0, 0.05) is 17.3 Å². The summed E-state index contributed by atoms with van der Waals surface area (Å²) >= 11 is 0. The van der Waals surface area contributed by atoms with Crippen LogP contribution in [0, 0.1) is 0 Å². The summed E-state index contributed by atoms with van der Waals surface area (Å²) in [6.45, 7) is 0. The van der Waals surface area contributed by atoms with E-state index >= 15 is 0 Å². The van der Waals surface area contributed by atoms with Crippen molar-refractivity contribution in [1.29, 1.82) is 0 Å². The fraction of sp³-hybridized carbons (Fsp3) is 0. The van der Waals surface area contributed by atoms with E-state index in [0.717, 1.165) is 11.3 Å². The molecule has 1 N–H and O–H groups in total. The average molecular weight is 171 g/mol. The van der Waals surface area contributed by atoms with Gasteiger partial charge in [-0.1, -0.05) is 18.2 Å². The van der Waals surface area contributed by atoms with Crippen LogP contribution in [0.5, 0.6) is 0 Å². The third-order valence-electron chi connectivity index (χ3n) is 1.79. The van der Waals surface area contributed by atoms with Crippen molar-refractivity contribution >= 4 is 6.29 Å². The van der Waals surface area contributed by atoms with Gasteiger partial charge in [0.05, 0.1) is 5.69 Å². The van der Waals surface area contributed by atoms with Crippen LogP contribution in [-0.2, 0) is 4.79 Å². The van der Waals surface area contributed by atoms with Gasteiger partial charge in [0.1, 0.15) is 0 Å². The zero-order valence-corrected chi connectivity index (χ0v) is 6.82. The lowest BCUT2D eigenvalue weighted by Gasteiger charge is -1.96. The molecule has 1 radical (unpaired) electrons. The molecule has 0 fully saturated rings. The van der Waals surface area contributed by atoms with Crippen LogP contribution in [0.2, 0.25) is 0 Å². The highest BCUT2D eigenvalue weighted by Gasteiger charge is 1.99. The highest BCUT2D eigenvalue weighted by atomic mass is 16.1. The van der Waals surface area contributed by atoms with E-state index in [1.54, 1.807) is 18.3 Å².